The van der Waals surface area contributed by atoms with Gasteiger partial charge in [-0.25, -0.2) is 4.98 Å². The smallest absolute Gasteiger partial charge is 0.223 e. The Kier molecular flexibility index (Phi) is 4.19. The molecule has 0 radical (unpaired) electrons. The Hall–Kier alpha value is -1.85. The van der Waals surface area contributed by atoms with Gasteiger partial charge in [0.2, 0.25) is 17.7 Å². The van der Waals surface area contributed by atoms with Crippen molar-refractivity contribution < 1.29 is 14.0 Å². The zero-order valence-electron chi connectivity index (χ0n) is 11.3. The van der Waals surface area contributed by atoms with E-state index in [0.29, 0.717) is 25.5 Å². The number of hydrogen-bond acceptors (Lipinski definition) is 4. The Morgan fingerprint density at radius 2 is 2.16 bits per heavy atom. The maximum atomic E-state index is 12.0. The first-order chi connectivity index (χ1) is 9.06. The summed E-state index contributed by atoms with van der Waals surface area (Å²) in [6, 6.07) is 0. The van der Waals surface area contributed by atoms with Crippen LogP contribution in [0, 0.1) is 12.8 Å². The maximum absolute atomic E-state index is 12.0. The van der Waals surface area contributed by atoms with Gasteiger partial charge in [0.15, 0.2) is 0 Å². The number of nitrogens with one attached hydrogen (secondary N) is 1. The molecule has 1 aliphatic rings. The summed E-state index contributed by atoms with van der Waals surface area (Å²) in [6.45, 7) is 5.01. The van der Waals surface area contributed by atoms with Crippen LogP contribution in [-0.2, 0) is 16.1 Å². The van der Waals surface area contributed by atoms with Gasteiger partial charge >= 0.3 is 0 Å². The summed E-state index contributed by atoms with van der Waals surface area (Å²) in [5.41, 5.74) is 0. The quantitative estimate of drug-likeness (QED) is 0.879. The van der Waals surface area contributed by atoms with Crippen molar-refractivity contribution in [3.05, 3.63) is 17.8 Å². The van der Waals surface area contributed by atoms with Crippen LogP contribution in [0.5, 0.6) is 0 Å². The van der Waals surface area contributed by atoms with Crippen LogP contribution >= 0.6 is 0 Å². The zero-order chi connectivity index (χ0) is 13.8. The first-order valence-corrected chi connectivity index (χ1v) is 6.51. The second-order valence-corrected chi connectivity index (χ2v) is 4.86. The third-order valence-corrected chi connectivity index (χ3v) is 3.39. The fraction of sp³-hybridized carbons (Fsp3) is 0.615. The molecule has 1 aromatic heterocycles. The average molecular weight is 265 g/mol. The van der Waals surface area contributed by atoms with Crippen molar-refractivity contribution in [3.8, 4) is 0 Å². The number of aryl methyl sites for hydroxylation is 1. The molecular weight excluding hydrogens is 246 g/mol. The van der Waals surface area contributed by atoms with Crippen LogP contribution in [0.15, 0.2) is 10.6 Å². The van der Waals surface area contributed by atoms with Gasteiger partial charge in [-0.3, -0.25) is 9.59 Å². The zero-order valence-corrected chi connectivity index (χ0v) is 11.3. The van der Waals surface area contributed by atoms with Crippen LogP contribution in [-0.4, -0.2) is 34.8 Å². The van der Waals surface area contributed by atoms with Crippen LogP contribution in [0.25, 0.3) is 0 Å². The number of piperidine rings is 1. The third-order valence-electron chi connectivity index (χ3n) is 3.39. The van der Waals surface area contributed by atoms with E-state index < -0.39 is 0 Å². The third kappa shape index (κ3) is 3.56. The van der Waals surface area contributed by atoms with Crippen molar-refractivity contribution >= 4 is 11.8 Å². The summed E-state index contributed by atoms with van der Waals surface area (Å²) < 4.78 is 5.29. The van der Waals surface area contributed by atoms with E-state index in [-0.39, 0.29) is 17.7 Å². The molecule has 19 heavy (non-hydrogen) atoms. The van der Waals surface area contributed by atoms with Gasteiger partial charge in [-0.2, -0.15) is 0 Å². The first kappa shape index (κ1) is 13.6. The second kappa shape index (κ2) is 5.86. The van der Waals surface area contributed by atoms with Crippen molar-refractivity contribution in [2.24, 2.45) is 5.92 Å². The maximum Gasteiger partial charge on any atom is 0.223 e. The molecule has 6 heteroatoms. The molecule has 0 atom stereocenters. The highest BCUT2D eigenvalue weighted by Crippen LogP contribution is 2.17. The number of amides is 2. The van der Waals surface area contributed by atoms with Gasteiger partial charge in [-0.05, 0) is 19.8 Å². The summed E-state index contributed by atoms with van der Waals surface area (Å²) in [4.78, 5) is 29.0. The van der Waals surface area contributed by atoms with Gasteiger partial charge in [0, 0.05) is 25.9 Å². The van der Waals surface area contributed by atoms with Crippen molar-refractivity contribution in [3.63, 3.8) is 0 Å². The molecular formula is C13H19N3O3. The Labute approximate surface area is 112 Å². The van der Waals surface area contributed by atoms with Crippen molar-refractivity contribution in [2.75, 3.05) is 13.1 Å². The topological polar surface area (TPSA) is 75.4 Å². The van der Waals surface area contributed by atoms with Crippen molar-refractivity contribution in [1.29, 1.82) is 0 Å². The largest absolute Gasteiger partial charge is 0.444 e. The number of nitrogens with zero attached hydrogens (tertiary/aromatic N) is 2. The predicted molar refractivity (Wildman–Crippen MR) is 68.1 cm³/mol. The summed E-state index contributed by atoms with van der Waals surface area (Å²) in [6.07, 6.45) is 3.07. The van der Waals surface area contributed by atoms with Crippen LogP contribution in [0.1, 0.15) is 31.4 Å². The average Bonchev–Trinajstić information content (AvgIpc) is 2.82. The minimum absolute atomic E-state index is 0.0130. The number of oxazole rings is 1. The molecule has 2 heterocycles. The Balaban J connectivity index is 1.77. The molecule has 0 spiro atoms. The lowest BCUT2D eigenvalue weighted by Gasteiger charge is -2.30. The summed E-state index contributed by atoms with van der Waals surface area (Å²) in [7, 11) is 0. The Morgan fingerprint density at radius 3 is 2.68 bits per heavy atom. The van der Waals surface area contributed by atoms with Crippen LogP contribution in [0.2, 0.25) is 0 Å². The Morgan fingerprint density at radius 1 is 1.47 bits per heavy atom. The van der Waals surface area contributed by atoms with E-state index >= 15 is 0 Å². The van der Waals surface area contributed by atoms with Gasteiger partial charge < -0.3 is 14.6 Å². The molecule has 2 amide bonds. The molecule has 0 aromatic carbocycles. The highest BCUT2D eigenvalue weighted by atomic mass is 16.4. The number of carbonyl (C=O) groups is 2. The molecule has 104 valence electrons. The highest BCUT2D eigenvalue weighted by molar-refractivity contribution is 5.79. The van der Waals surface area contributed by atoms with Gasteiger partial charge in [-0.15, -0.1) is 0 Å². The fourth-order valence-electron chi connectivity index (χ4n) is 2.25. The minimum atomic E-state index is -0.0216. The normalized spacial score (nSPS) is 16.4. The molecule has 1 aliphatic heterocycles. The van der Waals surface area contributed by atoms with E-state index in [2.05, 4.69) is 10.3 Å². The first-order valence-electron chi connectivity index (χ1n) is 6.51. The second-order valence-electron chi connectivity index (χ2n) is 4.86. The molecule has 2 rings (SSSR count). The molecule has 0 bridgehead atoms. The van der Waals surface area contributed by atoms with E-state index in [1.807, 2.05) is 6.92 Å². The molecule has 1 N–H and O–H groups in total. The van der Waals surface area contributed by atoms with Gasteiger partial charge in [-0.1, -0.05) is 0 Å². The van der Waals surface area contributed by atoms with Crippen LogP contribution in [0.4, 0.5) is 0 Å². The molecule has 0 unspecified atom stereocenters. The lowest BCUT2D eigenvalue weighted by Crippen LogP contribution is -2.42. The lowest BCUT2D eigenvalue weighted by molar-refractivity contribution is -0.134. The van der Waals surface area contributed by atoms with E-state index in [0.717, 1.165) is 18.6 Å². The van der Waals surface area contributed by atoms with Crippen molar-refractivity contribution in [2.45, 2.75) is 33.2 Å². The van der Waals surface area contributed by atoms with E-state index in [9.17, 15) is 9.59 Å². The predicted octanol–water partition coefficient (Wildman–Crippen LogP) is 0.858. The Bertz CT molecular complexity index is 461. The number of hydrogen-bond donors (Lipinski definition) is 1. The standard InChI is InChI=1S/C13H19N3O3/c1-9-7-14-12(19-9)8-15-13(18)11-3-5-16(6-4-11)10(2)17/h7,11H,3-6,8H2,1-2H3,(H,15,18). The van der Waals surface area contributed by atoms with Crippen LogP contribution < -0.4 is 5.32 Å². The summed E-state index contributed by atoms with van der Waals surface area (Å²) in [5, 5.41) is 2.83. The molecule has 1 fully saturated rings. The number of carbonyl (C=O) groups excluding carboxylic acids is 2. The number of aromatic nitrogens is 1. The monoisotopic (exact) mass is 265 g/mol. The van der Waals surface area contributed by atoms with Gasteiger partial charge in [0.1, 0.15) is 5.76 Å². The molecule has 6 nitrogen and oxygen atoms in total. The molecule has 1 aromatic rings. The SMILES string of the molecule is CC(=O)N1CCC(C(=O)NCc2ncc(C)o2)CC1. The van der Waals surface area contributed by atoms with E-state index in [4.69, 9.17) is 4.42 Å². The van der Waals surface area contributed by atoms with Gasteiger partial charge in [0.05, 0.1) is 12.7 Å². The van der Waals surface area contributed by atoms with E-state index in [1.54, 1.807) is 18.0 Å². The van der Waals surface area contributed by atoms with Crippen molar-refractivity contribution in [1.82, 2.24) is 15.2 Å². The van der Waals surface area contributed by atoms with E-state index in [1.165, 1.54) is 0 Å². The molecule has 0 aliphatic carbocycles. The van der Waals surface area contributed by atoms with Gasteiger partial charge in [0.25, 0.3) is 0 Å². The lowest BCUT2D eigenvalue weighted by atomic mass is 9.96. The van der Waals surface area contributed by atoms with Crippen LogP contribution in [0.3, 0.4) is 0 Å². The summed E-state index contributed by atoms with van der Waals surface area (Å²) in [5.74, 6) is 1.32. The fourth-order valence-corrected chi connectivity index (χ4v) is 2.25. The number of rotatable bonds is 3. The highest BCUT2D eigenvalue weighted by Gasteiger charge is 2.25. The summed E-state index contributed by atoms with van der Waals surface area (Å²) >= 11 is 0. The molecule has 1 saturated heterocycles. The minimum Gasteiger partial charge on any atom is -0.444 e. The molecule has 0 saturated carbocycles. The number of likely N-dealkylation sites (tertiary alicyclic amines) is 1.